The minimum Gasteiger partial charge on any atom is -0.382 e. The number of nitrogens with one attached hydrogen (secondary N) is 1. The third kappa shape index (κ3) is 2.67. The molecule has 2 aromatic carbocycles. The Morgan fingerprint density at radius 1 is 1.05 bits per heavy atom. The van der Waals surface area contributed by atoms with E-state index in [1.165, 1.54) is 12.1 Å². The molecule has 2 aromatic rings. The monoisotopic (exact) mass is 273 g/mol. The lowest BCUT2D eigenvalue weighted by molar-refractivity contribution is 0.373. The molecule has 0 radical (unpaired) electrons. The van der Waals surface area contributed by atoms with Gasteiger partial charge in [-0.05, 0) is 67.1 Å². The summed E-state index contributed by atoms with van der Waals surface area (Å²) in [4.78, 5) is 0. The minimum atomic E-state index is -0.179. The summed E-state index contributed by atoms with van der Waals surface area (Å²) < 4.78 is 26.4. The smallest absolute Gasteiger partial charge is 0.126 e. The summed E-state index contributed by atoms with van der Waals surface area (Å²) >= 11 is 0. The van der Waals surface area contributed by atoms with E-state index < -0.39 is 0 Å². The van der Waals surface area contributed by atoms with E-state index in [1.807, 2.05) is 12.1 Å². The van der Waals surface area contributed by atoms with Crippen LogP contribution in [0.25, 0.3) is 0 Å². The fourth-order valence-electron chi connectivity index (χ4n) is 2.74. The average molecular weight is 273 g/mol. The van der Waals surface area contributed by atoms with E-state index in [1.54, 1.807) is 25.1 Å². The topological polar surface area (TPSA) is 12.0 Å². The highest BCUT2D eigenvalue weighted by atomic mass is 19.1. The predicted octanol–water partition coefficient (Wildman–Crippen LogP) is 4.63. The standard InChI is InChI=1S/C17H17F2N/c1-11-7-15(5-6-17(11)19)20-16-9-13(10-16)12-3-2-4-14(18)8-12/h2-8,13,16,20H,9-10H2,1H3. The molecular weight excluding hydrogens is 256 g/mol. The molecule has 3 rings (SSSR count). The van der Waals surface area contributed by atoms with Crippen molar-refractivity contribution in [3.05, 3.63) is 65.2 Å². The van der Waals surface area contributed by atoms with E-state index in [0.717, 1.165) is 24.1 Å². The van der Waals surface area contributed by atoms with Gasteiger partial charge in [0, 0.05) is 11.7 Å². The van der Waals surface area contributed by atoms with Crippen LogP contribution in [0.5, 0.6) is 0 Å². The number of halogens is 2. The van der Waals surface area contributed by atoms with E-state index in [-0.39, 0.29) is 11.6 Å². The second kappa shape index (κ2) is 5.23. The molecule has 0 amide bonds. The number of benzene rings is 2. The Morgan fingerprint density at radius 2 is 1.85 bits per heavy atom. The largest absolute Gasteiger partial charge is 0.382 e. The lowest BCUT2D eigenvalue weighted by Crippen LogP contribution is -2.34. The highest BCUT2D eigenvalue weighted by molar-refractivity contribution is 5.47. The van der Waals surface area contributed by atoms with E-state index in [9.17, 15) is 8.78 Å². The Morgan fingerprint density at radius 3 is 2.55 bits per heavy atom. The van der Waals surface area contributed by atoms with Crippen LogP contribution in [0.4, 0.5) is 14.5 Å². The van der Waals surface area contributed by atoms with Crippen LogP contribution < -0.4 is 5.32 Å². The number of hydrogen-bond acceptors (Lipinski definition) is 1. The first kappa shape index (κ1) is 13.1. The van der Waals surface area contributed by atoms with Crippen LogP contribution in [-0.4, -0.2) is 6.04 Å². The van der Waals surface area contributed by atoms with Gasteiger partial charge < -0.3 is 5.32 Å². The average Bonchev–Trinajstić information content (AvgIpc) is 2.37. The molecule has 0 aromatic heterocycles. The zero-order valence-electron chi connectivity index (χ0n) is 11.4. The Bertz CT molecular complexity index is 618. The summed E-state index contributed by atoms with van der Waals surface area (Å²) in [7, 11) is 0. The van der Waals surface area contributed by atoms with E-state index >= 15 is 0 Å². The van der Waals surface area contributed by atoms with Gasteiger partial charge in [-0.1, -0.05) is 12.1 Å². The van der Waals surface area contributed by atoms with Crippen LogP contribution in [-0.2, 0) is 0 Å². The molecule has 1 saturated carbocycles. The van der Waals surface area contributed by atoms with Crippen molar-refractivity contribution >= 4 is 5.69 Å². The molecule has 1 fully saturated rings. The molecule has 0 unspecified atom stereocenters. The maximum atomic E-state index is 13.2. The SMILES string of the molecule is Cc1cc(NC2CC(c3cccc(F)c3)C2)ccc1F. The van der Waals surface area contributed by atoms with E-state index in [2.05, 4.69) is 5.32 Å². The zero-order chi connectivity index (χ0) is 14.1. The number of hydrogen-bond donors (Lipinski definition) is 1. The van der Waals surface area contributed by atoms with Crippen molar-refractivity contribution in [2.45, 2.75) is 31.7 Å². The van der Waals surface area contributed by atoms with Crippen molar-refractivity contribution in [2.75, 3.05) is 5.32 Å². The van der Waals surface area contributed by atoms with Gasteiger partial charge in [-0.25, -0.2) is 8.78 Å². The summed E-state index contributed by atoms with van der Waals surface area (Å²) in [6.45, 7) is 1.76. The molecule has 104 valence electrons. The van der Waals surface area contributed by atoms with Gasteiger partial charge in [0.25, 0.3) is 0 Å². The van der Waals surface area contributed by atoms with Crippen LogP contribution in [0, 0.1) is 18.6 Å². The van der Waals surface area contributed by atoms with Crippen LogP contribution in [0.3, 0.4) is 0 Å². The van der Waals surface area contributed by atoms with Crippen LogP contribution in [0.15, 0.2) is 42.5 Å². The molecule has 0 atom stereocenters. The molecule has 1 nitrogen and oxygen atoms in total. The fraction of sp³-hybridized carbons (Fsp3) is 0.294. The van der Waals surface area contributed by atoms with Gasteiger partial charge in [-0.15, -0.1) is 0 Å². The summed E-state index contributed by atoms with van der Waals surface area (Å²) in [6, 6.07) is 12.3. The lowest BCUT2D eigenvalue weighted by atomic mass is 9.76. The van der Waals surface area contributed by atoms with Crippen molar-refractivity contribution in [2.24, 2.45) is 0 Å². The maximum Gasteiger partial charge on any atom is 0.126 e. The Hall–Kier alpha value is -1.90. The molecule has 1 aliphatic rings. The molecule has 0 aliphatic heterocycles. The molecule has 0 bridgehead atoms. The first-order valence-corrected chi connectivity index (χ1v) is 6.90. The number of anilines is 1. The van der Waals surface area contributed by atoms with Crippen LogP contribution >= 0.6 is 0 Å². The first-order chi connectivity index (χ1) is 9.61. The second-order valence-electron chi connectivity index (χ2n) is 5.53. The van der Waals surface area contributed by atoms with Gasteiger partial charge in [0.1, 0.15) is 11.6 Å². The summed E-state index contributed by atoms with van der Waals surface area (Å²) in [5.74, 6) is 0.0691. The number of aryl methyl sites for hydroxylation is 1. The fourth-order valence-corrected chi connectivity index (χ4v) is 2.74. The van der Waals surface area contributed by atoms with Gasteiger partial charge in [-0.3, -0.25) is 0 Å². The second-order valence-corrected chi connectivity index (χ2v) is 5.53. The molecule has 0 saturated heterocycles. The summed E-state index contributed by atoms with van der Waals surface area (Å²) in [6.07, 6.45) is 1.97. The van der Waals surface area contributed by atoms with E-state index in [4.69, 9.17) is 0 Å². The van der Waals surface area contributed by atoms with E-state index in [0.29, 0.717) is 17.5 Å². The quantitative estimate of drug-likeness (QED) is 0.859. The molecule has 3 heteroatoms. The third-order valence-corrected chi connectivity index (χ3v) is 3.99. The van der Waals surface area contributed by atoms with Gasteiger partial charge in [0.05, 0.1) is 0 Å². The zero-order valence-corrected chi connectivity index (χ0v) is 11.4. The van der Waals surface area contributed by atoms with Crippen LogP contribution in [0.2, 0.25) is 0 Å². The number of rotatable bonds is 3. The van der Waals surface area contributed by atoms with Gasteiger partial charge in [0.15, 0.2) is 0 Å². The Kier molecular flexibility index (Phi) is 3.43. The molecule has 0 spiro atoms. The third-order valence-electron chi connectivity index (χ3n) is 3.99. The summed E-state index contributed by atoms with van der Waals surface area (Å²) in [5, 5.41) is 3.40. The van der Waals surface area contributed by atoms with Crippen molar-refractivity contribution in [1.82, 2.24) is 0 Å². The van der Waals surface area contributed by atoms with Gasteiger partial charge in [0.2, 0.25) is 0 Å². The molecule has 20 heavy (non-hydrogen) atoms. The maximum absolute atomic E-state index is 13.2. The van der Waals surface area contributed by atoms with Crippen molar-refractivity contribution in [3.8, 4) is 0 Å². The van der Waals surface area contributed by atoms with Gasteiger partial charge >= 0.3 is 0 Å². The highest BCUT2D eigenvalue weighted by Gasteiger charge is 2.30. The van der Waals surface area contributed by atoms with Crippen molar-refractivity contribution in [1.29, 1.82) is 0 Å². The molecule has 1 aliphatic carbocycles. The highest BCUT2D eigenvalue weighted by Crippen LogP contribution is 2.38. The van der Waals surface area contributed by atoms with Crippen molar-refractivity contribution in [3.63, 3.8) is 0 Å². The molecule has 0 heterocycles. The summed E-state index contributed by atoms with van der Waals surface area (Å²) in [5.41, 5.74) is 2.67. The normalized spacial score (nSPS) is 21.4. The molecular formula is C17H17F2N. The minimum absolute atomic E-state index is 0.173. The first-order valence-electron chi connectivity index (χ1n) is 6.90. The Labute approximate surface area is 117 Å². The predicted molar refractivity (Wildman–Crippen MR) is 76.9 cm³/mol. The van der Waals surface area contributed by atoms with Crippen molar-refractivity contribution < 1.29 is 8.78 Å². The molecule has 1 N–H and O–H groups in total. The lowest BCUT2D eigenvalue weighted by Gasteiger charge is -2.37. The van der Waals surface area contributed by atoms with Crippen LogP contribution in [0.1, 0.15) is 29.9 Å². The Balaban J connectivity index is 1.59. The van der Waals surface area contributed by atoms with Gasteiger partial charge in [-0.2, -0.15) is 0 Å².